The number of para-hydroxylation sites is 2. The Morgan fingerprint density at radius 3 is 2.16 bits per heavy atom. The van der Waals surface area contributed by atoms with Gasteiger partial charge in [-0.15, -0.1) is 0 Å². The first-order valence-electron chi connectivity index (χ1n) is 8.12. The summed E-state index contributed by atoms with van der Waals surface area (Å²) in [5.41, 5.74) is -0.751. The molecular formula is C18H24F3NO3. The first-order chi connectivity index (χ1) is 11.8. The third-order valence-corrected chi connectivity index (χ3v) is 4.71. The van der Waals surface area contributed by atoms with E-state index in [-0.39, 0.29) is 18.4 Å². The van der Waals surface area contributed by atoms with Gasteiger partial charge in [-0.05, 0) is 44.5 Å². The lowest BCUT2D eigenvalue weighted by Gasteiger charge is -2.32. The van der Waals surface area contributed by atoms with Crippen LogP contribution >= 0.6 is 0 Å². The predicted molar refractivity (Wildman–Crippen MR) is 88.8 cm³/mol. The zero-order valence-corrected chi connectivity index (χ0v) is 14.6. The van der Waals surface area contributed by atoms with Crippen molar-refractivity contribution in [2.75, 3.05) is 27.8 Å². The van der Waals surface area contributed by atoms with Crippen LogP contribution in [0.3, 0.4) is 0 Å². The zero-order valence-electron chi connectivity index (χ0n) is 14.6. The highest BCUT2D eigenvalue weighted by Gasteiger charge is 2.45. The fraction of sp³-hybridized carbons (Fsp3) is 0.556. The molecule has 1 aliphatic heterocycles. The van der Waals surface area contributed by atoms with Gasteiger partial charge in [-0.3, -0.25) is 0 Å². The molecule has 0 saturated carbocycles. The van der Waals surface area contributed by atoms with E-state index >= 15 is 0 Å². The molecule has 1 aromatic carbocycles. The molecule has 7 heteroatoms. The van der Waals surface area contributed by atoms with Crippen LogP contribution in [-0.4, -0.2) is 56.1 Å². The number of likely N-dealkylation sites (tertiary alicyclic amines) is 1. The topological polar surface area (TPSA) is 41.9 Å². The summed E-state index contributed by atoms with van der Waals surface area (Å²) in [6.45, 7) is 0.809. The van der Waals surface area contributed by atoms with Gasteiger partial charge in [-0.2, -0.15) is 13.2 Å². The highest BCUT2D eigenvalue weighted by Crippen LogP contribution is 2.40. The molecule has 0 amide bonds. The standard InChI is InChI=1S/C10H14F3NO.C8H10O2/c1-14-3-2-6-4-7(10(11,12)13)9(15)5-8(6)14;1-9-7-5-3-4-6-8(7)10-2/h4,6,8-9,15H,2-3,5H2,1H3;3-6H,1-2H3. The van der Waals surface area contributed by atoms with Crippen LogP contribution in [0.1, 0.15) is 12.8 Å². The number of rotatable bonds is 2. The molecule has 1 N–H and O–H groups in total. The number of benzene rings is 1. The molecule has 0 spiro atoms. The van der Waals surface area contributed by atoms with Gasteiger partial charge in [0.15, 0.2) is 11.5 Å². The summed E-state index contributed by atoms with van der Waals surface area (Å²) in [6, 6.07) is 7.60. The van der Waals surface area contributed by atoms with Crippen LogP contribution in [0, 0.1) is 5.92 Å². The smallest absolute Gasteiger partial charge is 0.414 e. The number of hydrogen-bond donors (Lipinski definition) is 1. The fourth-order valence-electron chi connectivity index (χ4n) is 3.36. The molecule has 1 fully saturated rings. The third-order valence-electron chi connectivity index (χ3n) is 4.71. The Bertz CT molecular complexity index is 580. The number of hydrogen-bond acceptors (Lipinski definition) is 4. The van der Waals surface area contributed by atoms with Gasteiger partial charge in [-0.1, -0.05) is 18.2 Å². The molecular weight excluding hydrogens is 335 g/mol. The van der Waals surface area contributed by atoms with E-state index in [0.29, 0.717) is 0 Å². The van der Waals surface area contributed by atoms with Crippen LogP contribution in [0.15, 0.2) is 35.9 Å². The van der Waals surface area contributed by atoms with Crippen molar-refractivity contribution >= 4 is 0 Å². The molecule has 1 saturated heterocycles. The Balaban J connectivity index is 0.000000196. The average molecular weight is 359 g/mol. The van der Waals surface area contributed by atoms with E-state index < -0.39 is 17.9 Å². The van der Waals surface area contributed by atoms with E-state index in [1.54, 1.807) is 14.2 Å². The summed E-state index contributed by atoms with van der Waals surface area (Å²) in [5, 5.41) is 9.45. The maximum absolute atomic E-state index is 12.5. The van der Waals surface area contributed by atoms with Gasteiger partial charge >= 0.3 is 6.18 Å². The van der Waals surface area contributed by atoms with Crippen LogP contribution in [0.4, 0.5) is 13.2 Å². The normalized spacial score (nSPS) is 26.2. The van der Waals surface area contributed by atoms with Gasteiger partial charge in [0.1, 0.15) is 0 Å². The summed E-state index contributed by atoms with van der Waals surface area (Å²) >= 11 is 0. The van der Waals surface area contributed by atoms with Crippen LogP contribution in [0.25, 0.3) is 0 Å². The number of halogens is 3. The molecule has 25 heavy (non-hydrogen) atoms. The maximum Gasteiger partial charge on any atom is 0.414 e. The number of methoxy groups -OCH3 is 2. The Hall–Kier alpha value is -1.73. The summed E-state index contributed by atoms with van der Waals surface area (Å²) in [7, 11) is 5.14. The summed E-state index contributed by atoms with van der Waals surface area (Å²) in [4.78, 5) is 2.03. The van der Waals surface area contributed by atoms with Gasteiger partial charge in [0.05, 0.1) is 25.9 Å². The predicted octanol–water partition coefficient (Wildman–Crippen LogP) is 3.26. The molecule has 1 aliphatic carbocycles. The number of nitrogens with zero attached hydrogens (tertiary/aromatic N) is 1. The molecule has 3 unspecified atom stereocenters. The first kappa shape index (κ1) is 19.6. The Labute approximate surface area is 145 Å². The van der Waals surface area contributed by atoms with Crippen LogP contribution in [-0.2, 0) is 0 Å². The summed E-state index contributed by atoms with van der Waals surface area (Å²) < 4.78 is 47.5. The van der Waals surface area contributed by atoms with Crippen molar-refractivity contribution in [1.29, 1.82) is 0 Å². The van der Waals surface area contributed by atoms with Crippen LogP contribution in [0.2, 0.25) is 0 Å². The number of alkyl halides is 3. The summed E-state index contributed by atoms with van der Waals surface area (Å²) in [5.74, 6) is 1.49. The van der Waals surface area contributed by atoms with Crippen molar-refractivity contribution < 1.29 is 27.8 Å². The van der Waals surface area contributed by atoms with E-state index in [9.17, 15) is 18.3 Å². The van der Waals surface area contributed by atoms with E-state index in [4.69, 9.17) is 9.47 Å². The number of fused-ring (bicyclic) bond motifs is 1. The molecule has 3 atom stereocenters. The lowest BCUT2D eigenvalue weighted by atomic mass is 9.84. The zero-order chi connectivity index (χ0) is 18.6. The first-order valence-corrected chi connectivity index (χ1v) is 8.12. The van der Waals surface area contributed by atoms with E-state index in [1.165, 1.54) is 6.08 Å². The molecule has 1 heterocycles. The monoisotopic (exact) mass is 359 g/mol. The van der Waals surface area contributed by atoms with E-state index in [1.807, 2.05) is 36.2 Å². The van der Waals surface area contributed by atoms with Gasteiger partial charge in [-0.25, -0.2) is 0 Å². The van der Waals surface area contributed by atoms with Crippen LogP contribution < -0.4 is 9.47 Å². The fourth-order valence-corrected chi connectivity index (χ4v) is 3.36. The molecule has 3 rings (SSSR count). The molecule has 0 bridgehead atoms. The third kappa shape index (κ3) is 4.67. The highest BCUT2D eigenvalue weighted by molar-refractivity contribution is 5.39. The second-order valence-corrected chi connectivity index (χ2v) is 6.23. The highest BCUT2D eigenvalue weighted by atomic mass is 19.4. The van der Waals surface area contributed by atoms with Gasteiger partial charge in [0.2, 0.25) is 0 Å². The Morgan fingerprint density at radius 1 is 1.12 bits per heavy atom. The molecule has 0 radical (unpaired) electrons. The van der Waals surface area contributed by atoms with Crippen molar-refractivity contribution in [3.63, 3.8) is 0 Å². The van der Waals surface area contributed by atoms with Crippen molar-refractivity contribution in [2.45, 2.75) is 31.2 Å². The van der Waals surface area contributed by atoms with E-state index in [2.05, 4.69) is 0 Å². The minimum atomic E-state index is -4.38. The largest absolute Gasteiger partial charge is 0.493 e. The molecule has 4 nitrogen and oxygen atoms in total. The molecule has 0 aromatic heterocycles. The van der Waals surface area contributed by atoms with Gasteiger partial charge in [0.25, 0.3) is 0 Å². The van der Waals surface area contributed by atoms with Crippen molar-refractivity contribution in [3.05, 3.63) is 35.9 Å². The number of aliphatic hydroxyl groups is 1. The summed E-state index contributed by atoms with van der Waals surface area (Å²) in [6.07, 6.45) is -3.56. The number of ether oxygens (including phenoxy) is 2. The molecule has 1 aromatic rings. The van der Waals surface area contributed by atoms with Gasteiger partial charge in [0, 0.05) is 6.04 Å². The SMILES string of the molecule is CN1CCC2C=C(C(F)(F)F)C(O)CC21.COc1ccccc1OC. The van der Waals surface area contributed by atoms with Crippen LogP contribution in [0.5, 0.6) is 11.5 Å². The Morgan fingerprint density at radius 2 is 1.68 bits per heavy atom. The maximum atomic E-state index is 12.5. The minimum absolute atomic E-state index is 0.0463. The van der Waals surface area contributed by atoms with Crippen molar-refractivity contribution in [2.24, 2.45) is 5.92 Å². The lowest BCUT2D eigenvalue weighted by Crippen LogP contribution is -2.39. The van der Waals surface area contributed by atoms with Crippen molar-refractivity contribution in [3.8, 4) is 11.5 Å². The second-order valence-electron chi connectivity index (χ2n) is 6.23. The minimum Gasteiger partial charge on any atom is -0.493 e. The van der Waals surface area contributed by atoms with E-state index in [0.717, 1.165) is 24.5 Å². The van der Waals surface area contributed by atoms with Crippen molar-refractivity contribution in [1.82, 2.24) is 4.90 Å². The average Bonchev–Trinajstić information content (AvgIpc) is 2.94. The lowest BCUT2D eigenvalue weighted by molar-refractivity contribution is -0.109. The molecule has 140 valence electrons. The quantitative estimate of drug-likeness (QED) is 0.823. The number of aliphatic hydroxyl groups excluding tert-OH is 1. The molecule has 2 aliphatic rings. The van der Waals surface area contributed by atoms with Gasteiger partial charge < -0.3 is 19.5 Å². The Kier molecular flexibility index (Phi) is 6.35. The second kappa shape index (κ2) is 8.10.